The number of aliphatic hydroxyl groups is 1. The van der Waals surface area contributed by atoms with Crippen molar-refractivity contribution in [3.63, 3.8) is 0 Å². The smallest absolute Gasteiger partial charge is 0.462 e. The maximum Gasteiger partial charge on any atom is 0.472 e. The molecular formula is C80H156O17P2. The number of unbranched alkanes of at least 4 members (excludes halogenated alkanes) is 44. The first kappa shape index (κ1) is 97.1. The second kappa shape index (κ2) is 70.4. The van der Waals surface area contributed by atoms with Crippen LogP contribution in [0, 0.1) is 17.8 Å². The third kappa shape index (κ3) is 71.5. The molecule has 3 N–H and O–H groups in total. The van der Waals surface area contributed by atoms with Crippen molar-refractivity contribution in [1.29, 1.82) is 0 Å². The van der Waals surface area contributed by atoms with E-state index in [1.807, 2.05) is 0 Å². The number of rotatable bonds is 78. The summed E-state index contributed by atoms with van der Waals surface area (Å²) in [7, 11) is -9.92. The first-order valence-electron chi connectivity index (χ1n) is 41.4. The average Bonchev–Trinajstić information content (AvgIpc) is 1.08. The van der Waals surface area contributed by atoms with E-state index in [2.05, 4.69) is 48.5 Å². The first-order chi connectivity index (χ1) is 47.8. The summed E-state index contributed by atoms with van der Waals surface area (Å²) in [6.45, 7) is 12.0. The van der Waals surface area contributed by atoms with E-state index in [9.17, 15) is 43.2 Å². The van der Waals surface area contributed by atoms with Crippen LogP contribution in [0.3, 0.4) is 0 Å². The zero-order valence-electron chi connectivity index (χ0n) is 65.0. The van der Waals surface area contributed by atoms with Gasteiger partial charge in [-0.3, -0.25) is 37.3 Å². The highest BCUT2D eigenvalue weighted by Crippen LogP contribution is 2.45. The van der Waals surface area contributed by atoms with Gasteiger partial charge in [-0.1, -0.05) is 363 Å². The Morgan fingerprint density at radius 2 is 0.515 bits per heavy atom. The Kier molecular flexibility index (Phi) is 69.0. The van der Waals surface area contributed by atoms with Gasteiger partial charge in [0.1, 0.15) is 19.3 Å². The molecule has 0 aliphatic heterocycles. The molecule has 4 unspecified atom stereocenters. The summed E-state index contributed by atoms with van der Waals surface area (Å²) >= 11 is 0. The van der Waals surface area contributed by atoms with E-state index in [4.69, 9.17) is 37.0 Å². The molecule has 0 aromatic heterocycles. The number of carbonyl (C=O) groups is 4. The molecule has 0 bridgehead atoms. The minimum atomic E-state index is -4.96. The van der Waals surface area contributed by atoms with Crippen molar-refractivity contribution in [3.05, 3.63) is 0 Å². The van der Waals surface area contributed by atoms with E-state index in [-0.39, 0.29) is 25.7 Å². The fourth-order valence-corrected chi connectivity index (χ4v) is 13.8. The maximum absolute atomic E-state index is 13.1. The van der Waals surface area contributed by atoms with Crippen molar-refractivity contribution in [2.45, 2.75) is 433 Å². The van der Waals surface area contributed by atoms with Crippen molar-refractivity contribution in [2.75, 3.05) is 39.6 Å². The molecule has 0 fully saturated rings. The van der Waals surface area contributed by atoms with Gasteiger partial charge in [0.2, 0.25) is 0 Å². The Bertz CT molecular complexity index is 1930. The van der Waals surface area contributed by atoms with Crippen LogP contribution in [0.4, 0.5) is 0 Å². The third-order valence-electron chi connectivity index (χ3n) is 19.4. The molecule has 0 aromatic rings. The summed E-state index contributed by atoms with van der Waals surface area (Å²) < 4.78 is 68.6. The quantitative estimate of drug-likeness (QED) is 0.0222. The second-order valence-corrected chi connectivity index (χ2v) is 32.7. The lowest BCUT2D eigenvalue weighted by Crippen LogP contribution is -2.30. The lowest BCUT2D eigenvalue weighted by Gasteiger charge is -2.21. The van der Waals surface area contributed by atoms with E-state index in [0.29, 0.717) is 25.7 Å². The molecule has 19 heteroatoms. The van der Waals surface area contributed by atoms with Crippen molar-refractivity contribution in [3.8, 4) is 0 Å². The van der Waals surface area contributed by atoms with Crippen molar-refractivity contribution < 1.29 is 80.2 Å². The van der Waals surface area contributed by atoms with Gasteiger partial charge in [0.15, 0.2) is 12.2 Å². The Morgan fingerprint density at radius 3 is 0.768 bits per heavy atom. The second-order valence-electron chi connectivity index (χ2n) is 29.8. The van der Waals surface area contributed by atoms with E-state index in [0.717, 1.165) is 114 Å². The molecule has 0 amide bonds. The van der Waals surface area contributed by atoms with Gasteiger partial charge in [0.25, 0.3) is 0 Å². The van der Waals surface area contributed by atoms with Gasteiger partial charge < -0.3 is 33.8 Å². The zero-order valence-corrected chi connectivity index (χ0v) is 66.8. The van der Waals surface area contributed by atoms with Crippen LogP contribution in [0.5, 0.6) is 0 Å². The highest BCUT2D eigenvalue weighted by atomic mass is 31.2. The fourth-order valence-electron chi connectivity index (χ4n) is 12.2. The highest BCUT2D eigenvalue weighted by molar-refractivity contribution is 7.47. The fraction of sp³-hybridized carbons (Fsp3) is 0.950. The number of hydrogen-bond donors (Lipinski definition) is 3. The molecule has 0 saturated heterocycles. The molecule has 0 aromatic carbocycles. The highest BCUT2D eigenvalue weighted by Gasteiger charge is 2.30. The van der Waals surface area contributed by atoms with Crippen LogP contribution in [0.15, 0.2) is 0 Å². The molecule has 588 valence electrons. The SMILES string of the molecule is CCCCCCCCCCC(=O)OC[C@H](COP(=O)(O)OC[C@H](O)COP(=O)(O)OC[C@@H](COC(=O)CCCCCCCCCCCCCCCCC(C)CC)OC(=O)CCCCCCCCCCCCCCCCCCC(C)C)OC(=O)CCCCCCCCCCCCC(C)CC. The van der Waals surface area contributed by atoms with Gasteiger partial charge in [-0.15, -0.1) is 0 Å². The number of ether oxygens (including phenoxy) is 4. The number of phosphoric ester groups is 2. The minimum absolute atomic E-state index is 0.106. The molecule has 0 aliphatic rings. The molecule has 17 nitrogen and oxygen atoms in total. The Labute approximate surface area is 607 Å². The Hall–Kier alpha value is -1.94. The lowest BCUT2D eigenvalue weighted by atomic mass is 9.99. The summed E-state index contributed by atoms with van der Waals surface area (Å²) in [5.41, 5.74) is 0. The number of esters is 4. The predicted molar refractivity (Wildman–Crippen MR) is 405 cm³/mol. The van der Waals surface area contributed by atoms with Crippen LogP contribution in [0.1, 0.15) is 414 Å². The molecule has 0 heterocycles. The normalized spacial score (nSPS) is 14.5. The predicted octanol–water partition coefficient (Wildman–Crippen LogP) is 23.7. The molecule has 0 spiro atoms. The number of aliphatic hydroxyl groups excluding tert-OH is 1. The van der Waals surface area contributed by atoms with Gasteiger partial charge >= 0.3 is 39.5 Å². The minimum Gasteiger partial charge on any atom is -0.462 e. The molecule has 0 saturated carbocycles. The number of hydrogen-bond acceptors (Lipinski definition) is 15. The molecule has 99 heavy (non-hydrogen) atoms. The maximum atomic E-state index is 13.1. The van der Waals surface area contributed by atoms with Gasteiger partial charge in [-0.05, 0) is 43.4 Å². The number of phosphoric acid groups is 2. The summed E-state index contributed by atoms with van der Waals surface area (Å²) in [4.78, 5) is 72.9. The molecular weight excluding hydrogens is 1290 g/mol. The van der Waals surface area contributed by atoms with Gasteiger partial charge in [-0.2, -0.15) is 0 Å². The summed E-state index contributed by atoms with van der Waals surface area (Å²) in [6.07, 6.45) is 58.2. The summed E-state index contributed by atoms with van der Waals surface area (Å²) in [5.74, 6) is 0.348. The van der Waals surface area contributed by atoms with E-state index in [1.165, 1.54) is 218 Å². The molecule has 7 atom stereocenters. The standard InChI is InChI=1S/C80H156O17P2/c1-8-11-12-13-14-40-47-54-61-77(82)90-67-75(96-80(85)64-57-50-43-36-30-29-33-39-46-53-60-73(7)10-3)69-94-98(86,87)92-65-74(81)66-93-99(88,89)95-70-76(68-91-78(83)62-55-48-41-34-27-23-20-19-22-26-32-38-45-52-59-72(6)9-2)97-79(84)63-56-49-42-35-28-24-18-16-15-17-21-25-31-37-44-51-58-71(4)5/h71-76,81H,8-70H2,1-7H3,(H,86,87)(H,88,89)/t72?,73?,74-,75+,76+/m0/s1. The van der Waals surface area contributed by atoms with Gasteiger partial charge in [-0.25, -0.2) is 9.13 Å². The van der Waals surface area contributed by atoms with Crippen LogP contribution in [0.25, 0.3) is 0 Å². The van der Waals surface area contributed by atoms with Crippen molar-refractivity contribution in [2.24, 2.45) is 17.8 Å². The average molecular weight is 1450 g/mol. The van der Waals surface area contributed by atoms with Crippen LogP contribution in [-0.4, -0.2) is 96.7 Å². The van der Waals surface area contributed by atoms with Crippen LogP contribution >= 0.6 is 15.6 Å². The van der Waals surface area contributed by atoms with Gasteiger partial charge in [0, 0.05) is 25.7 Å². The van der Waals surface area contributed by atoms with E-state index >= 15 is 0 Å². The Balaban J connectivity index is 5.21. The first-order valence-corrected chi connectivity index (χ1v) is 44.4. The summed E-state index contributed by atoms with van der Waals surface area (Å²) in [5, 5.41) is 10.6. The Morgan fingerprint density at radius 1 is 0.293 bits per heavy atom. The molecule has 0 aliphatic carbocycles. The largest absolute Gasteiger partial charge is 0.472 e. The van der Waals surface area contributed by atoms with E-state index < -0.39 is 97.5 Å². The van der Waals surface area contributed by atoms with Crippen LogP contribution in [0.2, 0.25) is 0 Å². The molecule has 0 rings (SSSR count). The number of carbonyl (C=O) groups excluding carboxylic acids is 4. The van der Waals surface area contributed by atoms with Gasteiger partial charge in [0.05, 0.1) is 26.4 Å². The van der Waals surface area contributed by atoms with Crippen molar-refractivity contribution in [1.82, 2.24) is 0 Å². The van der Waals surface area contributed by atoms with E-state index in [1.54, 1.807) is 0 Å². The zero-order chi connectivity index (χ0) is 73.0. The monoisotopic (exact) mass is 1450 g/mol. The van der Waals surface area contributed by atoms with Crippen LogP contribution < -0.4 is 0 Å². The van der Waals surface area contributed by atoms with Crippen molar-refractivity contribution >= 4 is 39.5 Å². The topological polar surface area (TPSA) is 237 Å². The lowest BCUT2D eigenvalue weighted by molar-refractivity contribution is -0.161. The van der Waals surface area contributed by atoms with Crippen LogP contribution in [-0.2, 0) is 65.4 Å². The molecule has 0 radical (unpaired) electrons. The summed E-state index contributed by atoms with van der Waals surface area (Å²) in [6, 6.07) is 0. The third-order valence-corrected chi connectivity index (χ3v) is 21.3.